The maximum absolute atomic E-state index is 10.4. The van der Waals surface area contributed by atoms with Crippen molar-refractivity contribution in [1.29, 1.82) is 0 Å². The van der Waals surface area contributed by atoms with Crippen LogP contribution in [0, 0.1) is 0 Å². The molecule has 0 saturated carbocycles. The zero-order valence-electron chi connectivity index (χ0n) is 17.7. The fourth-order valence-electron chi connectivity index (χ4n) is 0.831. The Morgan fingerprint density at radius 2 is 0.889 bits per heavy atom. The summed E-state index contributed by atoms with van der Waals surface area (Å²) in [5.41, 5.74) is 0. The molecule has 0 rings (SSSR count). The molecule has 0 aliphatic heterocycles. The molecule has 0 radical (unpaired) electrons. The third-order valence-electron chi connectivity index (χ3n) is 1.42. The summed E-state index contributed by atoms with van der Waals surface area (Å²) < 4.78 is 8.43. The summed E-state index contributed by atoms with van der Waals surface area (Å²) in [6, 6.07) is 0. The molecule has 0 unspecified atom stereocenters. The van der Waals surface area contributed by atoms with Gasteiger partial charge in [-0.2, -0.15) is 0 Å². The topological polar surface area (TPSA) is 133 Å². The SMILES string of the molecule is CC(C)[O-].CC(C)[O-].CCCC(=O)OC(C)=O.CCCC(=O)OC(C)=O.[Ti+2]. The molecule has 8 nitrogen and oxygen atoms in total. The second-order valence-electron chi connectivity index (χ2n) is 5.53. The first-order valence-electron chi connectivity index (χ1n) is 8.54. The van der Waals surface area contributed by atoms with E-state index in [0.29, 0.717) is 25.7 Å². The number of esters is 4. The van der Waals surface area contributed by atoms with Crippen LogP contribution in [0.25, 0.3) is 0 Å². The van der Waals surface area contributed by atoms with Gasteiger partial charge in [0.1, 0.15) is 0 Å². The summed E-state index contributed by atoms with van der Waals surface area (Å²) in [4.78, 5) is 41.0. The fourth-order valence-corrected chi connectivity index (χ4v) is 0.831. The molecular weight excluding hydrogens is 392 g/mol. The van der Waals surface area contributed by atoms with E-state index in [0.717, 1.165) is 0 Å². The van der Waals surface area contributed by atoms with Crippen molar-refractivity contribution in [2.45, 2.75) is 93.3 Å². The molecule has 0 aliphatic rings. The summed E-state index contributed by atoms with van der Waals surface area (Å²) in [6.07, 6.45) is 1.23. The van der Waals surface area contributed by atoms with Crippen molar-refractivity contribution in [1.82, 2.24) is 0 Å². The van der Waals surface area contributed by atoms with Crippen LogP contribution in [-0.4, -0.2) is 36.1 Å². The van der Waals surface area contributed by atoms with Crippen LogP contribution in [0.4, 0.5) is 0 Å². The Morgan fingerprint density at radius 1 is 0.704 bits per heavy atom. The number of carbonyl (C=O) groups is 4. The molecule has 0 heterocycles. The van der Waals surface area contributed by atoms with Crippen LogP contribution in [0.15, 0.2) is 0 Å². The van der Waals surface area contributed by atoms with Gasteiger partial charge in [0, 0.05) is 26.7 Å². The van der Waals surface area contributed by atoms with E-state index in [1.165, 1.54) is 13.8 Å². The average Bonchev–Trinajstić information content (AvgIpc) is 2.36. The van der Waals surface area contributed by atoms with Gasteiger partial charge in [-0.15, -0.1) is 12.2 Å². The van der Waals surface area contributed by atoms with Crippen LogP contribution in [-0.2, 0) is 50.4 Å². The van der Waals surface area contributed by atoms with Crippen molar-refractivity contribution < 1.29 is 60.6 Å². The predicted octanol–water partition coefficient (Wildman–Crippen LogP) is 1.26. The quantitative estimate of drug-likeness (QED) is 0.373. The number of hydrogen-bond donors (Lipinski definition) is 0. The van der Waals surface area contributed by atoms with Gasteiger partial charge in [0.15, 0.2) is 0 Å². The number of carbonyl (C=O) groups excluding carboxylic acids is 4. The van der Waals surface area contributed by atoms with E-state index >= 15 is 0 Å². The maximum atomic E-state index is 10.4. The van der Waals surface area contributed by atoms with Crippen LogP contribution in [0.2, 0.25) is 0 Å². The van der Waals surface area contributed by atoms with Gasteiger partial charge < -0.3 is 19.7 Å². The normalized spacial score (nSPS) is 8.44. The summed E-state index contributed by atoms with van der Waals surface area (Å²) in [5.74, 6) is -1.95. The van der Waals surface area contributed by atoms with Crippen LogP contribution in [0.5, 0.6) is 0 Å². The first-order valence-corrected chi connectivity index (χ1v) is 8.54. The molecule has 0 saturated heterocycles. The van der Waals surface area contributed by atoms with Gasteiger partial charge in [-0.05, 0) is 12.8 Å². The summed E-state index contributed by atoms with van der Waals surface area (Å²) in [5, 5.41) is 19.1. The minimum Gasteiger partial charge on any atom is -0.852 e. The molecule has 0 spiro atoms. The molecular formula is C18H34O8Ti. The fraction of sp³-hybridized carbons (Fsp3) is 0.778. The van der Waals surface area contributed by atoms with Crippen LogP contribution < -0.4 is 10.2 Å². The molecule has 0 N–H and O–H groups in total. The summed E-state index contributed by atoms with van der Waals surface area (Å²) in [6.45, 7) is 12.6. The average molecular weight is 426 g/mol. The van der Waals surface area contributed by atoms with E-state index < -0.39 is 36.1 Å². The van der Waals surface area contributed by atoms with Crippen LogP contribution in [0.3, 0.4) is 0 Å². The van der Waals surface area contributed by atoms with E-state index in [-0.39, 0.29) is 21.7 Å². The second kappa shape index (κ2) is 27.1. The molecule has 27 heavy (non-hydrogen) atoms. The molecule has 0 atom stereocenters. The van der Waals surface area contributed by atoms with Gasteiger partial charge in [0.2, 0.25) is 0 Å². The third-order valence-corrected chi connectivity index (χ3v) is 1.42. The minimum absolute atomic E-state index is 0. The number of rotatable bonds is 4. The van der Waals surface area contributed by atoms with Gasteiger partial charge >= 0.3 is 45.6 Å². The Bertz CT molecular complexity index is 340. The molecule has 0 fully saturated rings. The first kappa shape index (κ1) is 36.8. The van der Waals surface area contributed by atoms with Gasteiger partial charge in [0.05, 0.1) is 0 Å². The Labute approximate surface area is 177 Å². The van der Waals surface area contributed by atoms with E-state index in [9.17, 15) is 29.4 Å². The molecule has 0 aromatic heterocycles. The van der Waals surface area contributed by atoms with Gasteiger partial charge in [-0.3, -0.25) is 19.2 Å². The number of hydrogen-bond acceptors (Lipinski definition) is 8. The van der Waals surface area contributed by atoms with Crippen molar-refractivity contribution >= 4 is 23.9 Å². The van der Waals surface area contributed by atoms with Crippen LogP contribution in [0.1, 0.15) is 81.1 Å². The van der Waals surface area contributed by atoms with E-state index in [2.05, 4.69) is 9.47 Å². The Morgan fingerprint density at radius 3 is 1.00 bits per heavy atom. The molecule has 158 valence electrons. The van der Waals surface area contributed by atoms with Crippen molar-refractivity contribution in [3.8, 4) is 0 Å². The Kier molecular flexibility index (Phi) is 37.0. The molecule has 9 heteroatoms. The van der Waals surface area contributed by atoms with Crippen molar-refractivity contribution in [3.63, 3.8) is 0 Å². The smallest absolute Gasteiger partial charge is 0.852 e. The standard InChI is InChI=1S/2C6H10O3.2C3H7O.Ti/c2*1-3-4-6(8)9-5(2)7;2*1-3(2)4;/h2*3-4H2,1-2H3;2*3H,1-2H3;/q;;2*-1;+2. The molecule has 0 aromatic carbocycles. The molecule has 0 aliphatic carbocycles. The molecule has 0 bridgehead atoms. The van der Waals surface area contributed by atoms with Crippen molar-refractivity contribution in [2.24, 2.45) is 0 Å². The second-order valence-corrected chi connectivity index (χ2v) is 5.53. The van der Waals surface area contributed by atoms with Crippen LogP contribution >= 0.6 is 0 Å². The summed E-state index contributed by atoms with van der Waals surface area (Å²) in [7, 11) is 0. The summed E-state index contributed by atoms with van der Waals surface area (Å²) >= 11 is 0. The van der Waals surface area contributed by atoms with Gasteiger partial charge in [0.25, 0.3) is 0 Å². The zero-order chi connectivity index (χ0) is 21.7. The molecule has 0 amide bonds. The number of ether oxygens (including phenoxy) is 2. The van der Waals surface area contributed by atoms with Crippen molar-refractivity contribution in [2.75, 3.05) is 0 Å². The van der Waals surface area contributed by atoms with Gasteiger partial charge in [-0.25, -0.2) is 0 Å². The zero-order valence-corrected chi connectivity index (χ0v) is 19.3. The Balaban J connectivity index is -0.0000000843. The monoisotopic (exact) mass is 426 g/mol. The Hall–Kier alpha value is -1.09. The predicted molar refractivity (Wildman–Crippen MR) is 93.6 cm³/mol. The van der Waals surface area contributed by atoms with E-state index in [4.69, 9.17) is 0 Å². The van der Waals surface area contributed by atoms with Crippen molar-refractivity contribution in [3.05, 3.63) is 0 Å². The minimum atomic E-state index is -0.534. The first-order chi connectivity index (χ1) is 11.8. The van der Waals surface area contributed by atoms with E-state index in [1.807, 2.05) is 13.8 Å². The third kappa shape index (κ3) is 78.4. The van der Waals surface area contributed by atoms with E-state index in [1.54, 1.807) is 27.7 Å². The molecule has 0 aromatic rings. The van der Waals surface area contributed by atoms with Gasteiger partial charge in [-0.1, -0.05) is 41.5 Å². The largest absolute Gasteiger partial charge is 2.00 e. The maximum Gasteiger partial charge on any atom is 2.00 e.